The largest absolute Gasteiger partial charge is 0.508 e. The van der Waals surface area contributed by atoms with Gasteiger partial charge in [-0.2, -0.15) is 0 Å². The van der Waals surface area contributed by atoms with Crippen LogP contribution in [0.3, 0.4) is 0 Å². The number of phenols is 2. The van der Waals surface area contributed by atoms with Crippen LogP contribution in [0.5, 0.6) is 28.7 Å². The fourth-order valence-corrected chi connectivity index (χ4v) is 6.14. The molecule has 4 atom stereocenters. The Morgan fingerprint density at radius 3 is 2.24 bits per heavy atom. The van der Waals surface area contributed by atoms with E-state index in [9.17, 15) is 15.0 Å². The van der Waals surface area contributed by atoms with Gasteiger partial charge in [0.05, 0.1) is 14.2 Å². The third kappa shape index (κ3) is 3.95. The highest BCUT2D eigenvalue weighted by Crippen LogP contribution is 2.58. The fourth-order valence-electron chi connectivity index (χ4n) is 6.14. The first-order chi connectivity index (χ1) is 18.4. The molecule has 3 aromatic carbocycles. The summed E-state index contributed by atoms with van der Waals surface area (Å²) in [5, 5.41) is 21.1. The van der Waals surface area contributed by atoms with E-state index >= 15 is 0 Å². The molecule has 0 spiro atoms. The molecule has 0 unspecified atom stereocenters. The highest BCUT2D eigenvalue weighted by atomic mass is 16.5. The highest BCUT2D eigenvalue weighted by molar-refractivity contribution is 5.80. The Morgan fingerprint density at radius 2 is 1.53 bits per heavy atom. The molecule has 2 heterocycles. The number of aromatic hydroxyl groups is 2. The van der Waals surface area contributed by atoms with Crippen LogP contribution in [0.4, 0.5) is 0 Å². The predicted molar refractivity (Wildman–Crippen MR) is 143 cm³/mol. The summed E-state index contributed by atoms with van der Waals surface area (Å²) in [7, 11) is 3.18. The first-order valence-corrected chi connectivity index (χ1v) is 12.5. The minimum Gasteiger partial charge on any atom is -0.508 e. The zero-order chi connectivity index (χ0) is 26.6. The van der Waals surface area contributed by atoms with E-state index in [4.69, 9.17) is 18.6 Å². The maximum atomic E-state index is 11.9. The maximum absolute atomic E-state index is 11.9. The number of benzene rings is 3. The lowest BCUT2D eigenvalue weighted by molar-refractivity contribution is 0.0770. The van der Waals surface area contributed by atoms with Crippen molar-refractivity contribution in [2.24, 2.45) is 5.92 Å². The second-order valence-corrected chi connectivity index (χ2v) is 10.0. The molecule has 38 heavy (non-hydrogen) atoms. The second kappa shape index (κ2) is 9.17. The second-order valence-electron chi connectivity index (χ2n) is 10.0. The number of methoxy groups -OCH3 is 2. The van der Waals surface area contributed by atoms with Crippen LogP contribution in [0.1, 0.15) is 48.0 Å². The first kappa shape index (κ1) is 24.0. The first-order valence-electron chi connectivity index (χ1n) is 12.5. The van der Waals surface area contributed by atoms with Crippen molar-refractivity contribution in [2.45, 2.75) is 31.3 Å². The molecule has 194 valence electrons. The van der Waals surface area contributed by atoms with E-state index < -0.39 is 11.7 Å². The van der Waals surface area contributed by atoms with E-state index in [1.165, 1.54) is 11.6 Å². The van der Waals surface area contributed by atoms with Crippen LogP contribution < -0.4 is 19.8 Å². The van der Waals surface area contributed by atoms with Crippen LogP contribution in [-0.2, 0) is 0 Å². The lowest BCUT2D eigenvalue weighted by Gasteiger charge is -2.46. The van der Waals surface area contributed by atoms with Gasteiger partial charge in [0.15, 0.2) is 0 Å². The smallest absolute Gasteiger partial charge is 0.336 e. The van der Waals surface area contributed by atoms with Gasteiger partial charge < -0.3 is 28.8 Å². The molecule has 0 amide bonds. The number of hydrogen-bond donors (Lipinski definition) is 2. The van der Waals surface area contributed by atoms with Gasteiger partial charge >= 0.3 is 5.63 Å². The molecule has 0 saturated carbocycles. The number of allylic oxidation sites excluding steroid dienone is 2. The summed E-state index contributed by atoms with van der Waals surface area (Å²) in [6.07, 6.45) is 2.62. The molecular weight excluding hydrogens is 484 g/mol. The molecule has 4 aromatic rings. The minimum absolute atomic E-state index is 0.0124. The van der Waals surface area contributed by atoms with E-state index in [1.807, 2.05) is 18.2 Å². The Labute approximate surface area is 219 Å². The van der Waals surface area contributed by atoms with Gasteiger partial charge in [0.2, 0.25) is 0 Å². The molecule has 0 saturated heterocycles. The molecule has 1 aliphatic heterocycles. The van der Waals surface area contributed by atoms with Crippen LogP contribution in [0, 0.1) is 5.92 Å². The van der Waals surface area contributed by atoms with E-state index in [0.29, 0.717) is 22.8 Å². The zero-order valence-corrected chi connectivity index (χ0v) is 21.3. The van der Waals surface area contributed by atoms with E-state index in [2.05, 4.69) is 13.0 Å². The number of fused-ring (bicyclic) bond motifs is 4. The van der Waals surface area contributed by atoms with Crippen LogP contribution in [0.2, 0.25) is 0 Å². The fraction of sp³-hybridized carbons (Fsp3) is 0.258. The number of hydrogen-bond acceptors (Lipinski definition) is 7. The van der Waals surface area contributed by atoms with Crippen molar-refractivity contribution in [2.75, 3.05) is 14.2 Å². The van der Waals surface area contributed by atoms with E-state index in [-0.39, 0.29) is 29.3 Å². The molecule has 1 aromatic heterocycles. The van der Waals surface area contributed by atoms with Gasteiger partial charge in [0.25, 0.3) is 0 Å². The summed E-state index contributed by atoms with van der Waals surface area (Å²) < 4.78 is 23.6. The number of phenolic OH excluding ortho intramolecular Hbond substituents is 2. The van der Waals surface area contributed by atoms with Crippen LogP contribution in [0.15, 0.2) is 81.5 Å². The van der Waals surface area contributed by atoms with Gasteiger partial charge in [0.1, 0.15) is 40.4 Å². The Hall–Kier alpha value is -4.39. The Kier molecular flexibility index (Phi) is 5.79. The van der Waals surface area contributed by atoms with Crippen LogP contribution in [-0.4, -0.2) is 24.4 Å². The van der Waals surface area contributed by atoms with Crippen molar-refractivity contribution in [1.82, 2.24) is 0 Å². The Balaban J connectivity index is 1.60. The minimum atomic E-state index is -0.455. The summed E-state index contributed by atoms with van der Waals surface area (Å²) in [5.41, 5.74) is 4.06. The average molecular weight is 513 g/mol. The van der Waals surface area contributed by atoms with Crippen LogP contribution in [0.25, 0.3) is 11.0 Å². The average Bonchev–Trinajstić information content (AvgIpc) is 2.91. The molecule has 1 aliphatic carbocycles. The number of rotatable bonds is 4. The van der Waals surface area contributed by atoms with E-state index in [1.54, 1.807) is 50.6 Å². The monoisotopic (exact) mass is 512 g/mol. The molecule has 0 radical (unpaired) electrons. The van der Waals surface area contributed by atoms with Gasteiger partial charge in [-0.1, -0.05) is 17.7 Å². The van der Waals surface area contributed by atoms with Crippen molar-refractivity contribution in [1.29, 1.82) is 0 Å². The lowest BCUT2D eigenvalue weighted by Crippen LogP contribution is -2.36. The topological polar surface area (TPSA) is 98.4 Å². The maximum Gasteiger partial charge on any atom is 0.336 e. The van der Waals surface area contributed by atoms with Crippen molar-refractivity contribution >= 4 is 11.0 Å². The normalized spacial score (nSPS) is 22.1. The van der Waals surface area contributed by atoms with Crippen molar-refractivity contribution in [3.63, 3.8) is 0 Å². The Bertz CT molecular complexity index is 1630. The standard InChI is InChI=1S/C31H28O7/c1-16-10-23(20-7-5-18(32)13-26(20)35-2)30-24(11-16)22-12-17-4-9-29(34)37-25(17)15-28(22)38-31(30)21-8-6-19(33)14-27(21)36-3/h4-9,11-15,23-24,30-33H,10H2,1-3H3/t23-,24-,30-,31+/m0/s1. The predicted octanol–water partition coefficient (Wildman–Crippen LogP) is 6.19. The summed E-state index contributed by atoms with van der Waals surface area (Å²) in [6.45, 7) is 2.13. The van der Waals surface area contributed by atoms with Crippen molar-refractivity contribution in [3.8, 4) is 28.7 Å². The summed E-state index contributed by atoms with van der Waals surface area (Å²) in [5.74, 6) is 1.89. The van der Waals surface area contributed by atoms with Gasteiger partial charge in [-0.15, -0.1) is 0 Å². The number of ether oxygens (including phenoxy) is 3. The summed E-state index contributed by atoms with van der Waals surface area (Å²) >= 11 is 0. The van der Waals surface area contributed by atoms with Gasteiger partial charge in [-0.3, -0.25) is 0 Å². The van der Waals surface area contributed by atoms with Crippen LogP contribution >= 0.6 is 0 Å². The van der Waals surface area contributed by atoms with Gasteiger partial charge in [-0.25, -0.2) is 4.79 Å². The summed E-state index contributed by atoms with van der Waals surface area (Å²) in [6, 6.07) is 17.3. The molecule has 0 bridgehead atoms. The zero-order valence-electron chi connectivity index (χ0n) is 21.3. The third-order valence-electron chi connectivity index (χ3n) is 7.74. The Morgan fingerprint density at radius 1 is 0.842 bits per heavy atom. The molecule has 7 heteroatoms. The summed E-state index contributed by atoms with van der Waals surface area (Å²) in [4.78, 5) is 11.9. The van der Waals surface area contributed by atoms with E-state index in [0.717, 1.165) is 28.5 Å². The molecular formula is C31H28O7. The quantitative estimate of drug-likeness (QED) is 0.249. The molecule has 0 fully saturated rings. The molecule has 6 rings (SSSR count). The van der Waals surface area contributed by atoms with Crippen molar-refractivity contribution < 1.29 is 28.8 Å². The molecule has 2 N–H and O–H groups in total. The lowest BCUT2D eigenvalue weighted by atomic mass is 9.63. The molecule has 2 aliphatic rings. The van der Waals surface area contributed by atoms with Gasteiger partial charge in [0, 0.05) is 52.6 Å². The van der Waals surface area contributed by atoms with Crippen molar-refractivity contribution in [3.05, 3.63) is 99.4 Å². The van der Waals surface area contributed by atoms with Gasteiger partial charge in [-0.05, 0) is 55.2 Å². The molecule has 7 nitrogen and oxygen atoms in total. The SMILES string of the molecule is COc1cc(O)ccc1[C@H]1Oc2cc3oc(=O)ccc3cc2[C@@H]2C=C(C)C[C@@H](c3ccc(O)cc3OC)[C@H]12. The third-order valence-corrected chi connectivity index (χ3v) is 7.74. The highest BCUT2D eigenvalue weighted by Gasteiger charge is 2.47.